The van der Waals surface area contributed by atoms with E-state index in [0.717, 1.165) is 27.5 Å². The lowest BCUT2D eigenvalue weighted by Crippen LogP contribution is -3.08. The summed E-state index contributed by atoms with van der Waals surface area (Å²) in [6, 6.07) is 11.5. The molecule has 1 aliphatic heterocycles. The zero-order valence-electron chi connectivity index (χ0n) is 15.8. The van der Waals surface area contributed by atoms with E-state index in [2.05, 4.69) is 5.32 Å². The molecule has 0 saturated heterocycles. The summed E-state index contributed by atoms with van der Waals surface area (Å²) in [6.45, 7) is 1.78. The number of benzene rings is 2. The van der Waals surface area contributed by atoms with Gasteiger partial charge in [0.05, 0.1) is 21.3 Å². The molecule has 7 nitrogen and oxygen atoms in total. The highest BCUT2D eigenvalue weighted by Crippen LogP contribution is 2.32. The Labute approximate surface area is 158 Å². The molecule has 0 fully saturated rings. The zero-order chi connectivity index (χ0) is 19.2. The molecule has 1 unspecified atom stereocenters. The van der Waals surface area contributed by atoms with Gasteiger partial charge in [-0.25, -0.2) is 0 Å². The second-order valence-electron chi connectivity index (χ2n) is 6.46. The van der Waals surface area contributed by atoms with E-state index >= 15 is 0 Å². The predicted molar refractivity (Wildman–Crippen MR) is 99.4 cm³/mol. The largest absolute Gasteiger partial charge is 0.493 e. The summed E-state index contributed by atoms with van der Waals surface area (Å²) in [5.74, 6) is 2.84. The van der Waals surface area contributed by atoms with Crippen molar-refractivity contribution < 1.29 is 28.6 Å². The molecule has 144 valence electrons. The highest BCUT2D eigenvalue weighted by Gasteiger charge is 2.15. The molecule has 1 heterocycles. The Kier molecular flexibility index (Phi) is 6.03. The number of carbonyl (C=O) groups excluding carboxylic acids is 1. The first-order valence-electron chi connectivity index (χ1n) is 8.76. The van der Waals surface area contributed by atoms with Gasteiger partial charge in [-0.3, -0.25) is 4.79 Å². The van der Waals surface area contributed by atoms with E-state index in [4.69, 9.17) is 18.9 Å². The normalized spacial score (nSPS) is 13.1. The third kappa shape index (κ3) is 4.83. The van der Waals surface area contributed by atoms with Crippen molar-refractivity contribution in [1.82, 2.24) is 5.32 Å². The van der Waals surface area contributed by atoms with Crippen molar-refractivity contribution in [3.8, 4) is 23.0 Å². The Bertz CT molecular complexity index is 809. The number of hydrogen-bond donors (Lipinski definition) is 2. The second kappa shape index (κ2) is 8.64. The minimum atomic E-state index is -0.00866. The maximum atomic E-state index is 12.2. The zero-order valence-corrected chi connectivity index (χ0v) is 15.8. The van der Waals surface area contributed by atoms with Crippen molar-refractivity contribution in [2.45, 2.75) is 13.1 Å². The van der Waals surface area contributed by atoms with Gasteiger partial charge in [0.25, 0.3) is 5.91 Å². The summed E-state index contributed by atoms with van der Waals surface area (Å²) in [6.07, 6.45) is 0. The van der Waals surface area contributed by atoms with Crippen LogP contribution in [0, 0.1) is 0 Å². The van der Waals surface area contributed by atoms with Crippen LogP contribution in [0.3, 0.4) is 0 Å². The summed E-state index contributed by atoms with van der Waals surface area (Å²) in [5, 5.41) is 2.95. The molecule has 0 bridgehead atoms. The molecule has 3 rings (SSSR count). The van der Waals surface area contributed by atoms with E-state index in [1.54, 1.807) is 14.2 Å². The maximum Gasteiger partial charge on any atom is 0.275 e. The second-order valence-corrected chi connectivity index (χ2v) is 6.46. The van der Waals surface area contributed by atoms with Crippen LogP contribution < -0.4 is 29.2 Å². The molecule has 2 aromatic rings. The average Bonchev–Trinajstić information content (AvgIpc) is 3.14. The van der Waals surface area contributed by atoms with Gasteiger partial charge in [-0.05, 0) is 35.9 Å². The van der Waals surface area contributed by atoms with Gasteiger partial charge in [0.15, 0.2) is 29.5 Å². The Hall–Kier alpha value is -2.93. The van der Waals surface area contributed by atoms with E-state index in [-0.39, 0.29) is 12.7 Å². The number of hydrogen-bond acceptors (Lipinski definition) is 5. The number of quaternary nitrogens is 1. The molecule has 0 spiro atoms. The summed E-state index contributed by atoms with van der Waals surface area (Å²) in [4.78, 5) is 13.3. The first-order valence-corrected chi connectivity index (χ1v) is 8.76. The molecule has 1 aliphatic rings. The van der Waals surface area contributed by atoms with Crippen LogP contribution in [0.2, 0.25) is 0 Å². The summed E-state index contributed by atoms with van der Waals surface area (Å²) in [5.41, 5.74) is 2.05. The molecule has 0 saturated carbocycles. The van der Waals surface area contributed by atoms with Crippen molar-refractivity contribution in [2.75, 3.05) is 34.6 Å². The highest BCUT2D eigenvalue weighted by atomic mass is 16.7. The number of likely N-dealkylation sites (N-methyl/N-ethyl adjacent to an activating group) is 1. The smallest absolute Gasteiger partial charge is 0.275 e. The first kappa shape index (κ1) is 18.8. The van der Waals surface area contributed by atoms with Crippen molar-refractivity contribution in [3.05, 3.63) is 47.5 Å². The van der Waals surface area contributed by atoms with E-state index in [1.807, 2.05) is 43.4 Å². The van der Waals surface area contributed by atoms with E-state index in [1.165, 1.54) is 0 Å². The lowest BCUT2D eigenvalue weighted by Gasteiger charge is -2.15. The molecule has 1 amide bonds. The number of nitrogens with one attached hydrogen (secondary N) is 2. The molecule has 2 aromatic carbocycles. The van der Waals surface area contributed by atoms with Crippen LogP contribution in [0.15, 0.2) is 36.4 Å². The Balaban J connectivity index is 1.49. The van der Waals surface area contributed by atoms with Gasteiger partial charge in [0, 0.05) is 12.1 Å². The van der Waals surface area contributed by atoms with Gasteiger partial charge in [-0.15, -0.1) is 0 Å². The molecule has 1 atom stereocenters. The number of fused-ring (bicyclic) bond motifs is 1. The topological polar surface area (TPSA) is 70.5 Å². The van der Waals surface area contributed by atoms with Crippen molar-refractivity contribution >= 4 is 5.91 Å². The lowest BCUT2D eigenvalue weighted by atomic mass is 10.2. The SMILES string of the molecule is COc1ccc(C[NH+](C)CC(=O)NCc2ccc3c(c2)OCO3)cc1OC. The monoisotopic (exact) mass is 373 g/mol. The Morgan fingerprint density at radius 2 is 1.78 bits per heavy atom. The minimum absolute atomic E-state index is 0.00866. The predicted octanol–water partition coefficient (Wildman–Crippen LogP) is 0.764. The molecule has 27 heavy (non-hydrogen) atoms. The Morgan fingerprint density at radius 3 is 2.56 bits per heavy atom. The summed E-state index contributed by atoms with van der Waals surface area (Å²) < 4.78 is 21.2. The standard InChI is InChI=1S/C20H24N2O5/c1-22(11-15-5-6-16(24-2)18(9-15)25-3)12-20(23)21-10-14-4-7-17-19(8-14)27-13-26-17/h4-9H,10-13H2,1-3H3,(H,21,23)/p+1. The molecule has 0 aliphatic carbocycles. The quantitative estimate of drug-likeness (QED) is 0.715. The molecule has 2 N–H and O–H groups in total. The molecule has 7 heteroatoms. The van der Waals surface area contributed by atoms with E-state index in [0.29, 0.717) is 31.1 Å². The summed E-state index contributed by atoms with van der Waals surface area (Å²) >= 11 is 0. The number of methoxy groups -OCH3 is 2. The van der Waals surface area contributed by atoms with E-state index < -0.39 is 0 Å². The molecule has 0 radical (unpaired) electrons. The molecular weight excluding hydrogens is 348 g/mol. The molecular formula is C20H25N2O5+. The van der Waals surface area contributed by atoms with Gasteiger partial charge in [-0.2, -0.15) is 0 Å². The number of carbonyl (C=O) groups is 1. The van der Waals surface area contributed by atoms with Crippen LogP contribution in [0.25, 0.3) is 0 Å². The van der Waals surface area contributed by atoms with Gasteiger partial charge >= 0.3 is 0 Å². The van der Waals surface area contributed by atoms with Crippen LogP contribution in [-0.2, 0) is 17.9 Å². The van der Waals surface area contributed by atoms with Crippen LogP contribution in [0.4, 0.5) is 0 Å². The van der Waals surface area contributed by atoms with Gasteiger partial charge in [0.2, 0.25) is 6.79 Å². The number of ether oxygens (including phenoxy) is 4. The highest BCUT2D eigenvalue weighted by molar-refractivity contribution is 5.76. The van der Waals surface area contributed by atoms with E-state index in [9.17, 15) is 4.79 Å². The third-order valence-corrected chi connectivity index (χ3v) is 4.34. The van der Waals surface area contributed by atoms with Crippen molar-refractivity contribution in [3.63, 3.8) is 0 Å². The number of amides is 1. The van der Waals surface area contributed by atoms with Crippen LogP contribution in [0.1, 0.15) is 11.1 Å². The lowest BCUT2D eigenvalue weighted by molar-refractivity contribution is -0.885. The van der Waals surface area contributed by atoms with Crippen LogP contribution >= 0.6 is 0 Å². The summed E-state index contributed by atoms with van der Waals surface area (Å²) in [7, 11) is 5.21. The minimum Gasteiger partial charge on any atom is -0.493 e. The van der Waals surface area contributed by atoms with Crippen molar-refractivity contribution in [1.29, 1.82) is 0 Å². The van der Waals surface area contributed by atoms with Gasteiger partial charge in [0.1, 0.15) is 6.54 Å². The fourth-order valence-electron chi connectivity index (χ4n) is 2.99. The maximum absolute atomic E-state index is 12.2. The average molecular weight is 373 g/mol. The van der Waals surface area contributed by atoms with Crippen LogP contribution in [0.5, 0.6) is 23.0 Å². The van der Waals surface area contributed by atoms with Gasteiger partial charge in [-0.1, -0.05) is 6.07 Å². The fourth-order valence-corrected chi connectivity index (χ4v) is 2.99. The van der Waals surface area contributed by atoms with Crippen LogP contribution in [-0.4, -0.2) is 40.5 Å². The van der Waals surface area contributed by atoms with Gasteiger partial charge < -0.3 is 29.2 Å². The number of rotatable bonds is 8. The molecule has 0 aromatic heterocycles. The fraction of sp³-hybridized carbons (Fsp3) is 0.350. The Morgan fingerprint density at radius 1 is 1.04 bits per heavy atom. The third-order valence-electron chi connectivity index (χ3n) is 4.34. The first-order chi connectivity index (χ1) is 13.1. The van der Waals surface area contributed by atoms with Crippen molar-refractivity contribution in [2.24, 2.45) is 0 Å².